The number of nitrogens with two attached hydrogens (primary N) is 1. The molecule has 52 heavy (non-hydrogen) atoms. The third-order valence-electron chi connectivity index (χ3n) is 9.85. The number of aliphatic hydroxyl groups is 2. The molecule has 5 rings (SSSR count). The third-order valence-corrected chi connectivity index (χ3v) is 10.8. The molecule has 5 N–H and O–H groups in total. The van der Waals surface area contributed by atoms with E-state index < -0.39 is 43.4 Å². The maximum atomic E-state index is 13.1. The Morgan fingerprint density at radius 1 is 1.02 bits per heavy atom. The molecule has 282 valence electrons. The smallest absolute Gasteiger partial charge is 0.385 e. The molecule has 3 heterocycles. The normalized spacial score (nSPS) is 25.2. The Morgan fingerprint density at radius 2 is 1.69 bits per heavy atom. The molecule has 2 aromatic heterocycles. The van der Waals surface area contributed by atoms with E-state index in [2.05, 4.69) is 28.8 Å². The highest BCUT2D eigenvalue weighted by atomic mass is 31.2. The van der Waals surface area contributed by atoms with Crippen molar-refractivity contribution in [2.75, 3.05) is 12.3 Å². The van der Waals surface area contributed by atoms with Gasteiger partial charge in [0.2, 0.25) is 5.60 Å². The number of hydrogen-bond donors (Lipinski definition) is 4. The number of hydrogen-bond acceptors (Lipinski definition) is 11. The van der Waals surface area contributed by atoms with Gasteiger partial charge in [-0.25, -0.2) is 14.1 Å². The quantitative estimate of drug-likeness (QED) is 0.0526. The predicted octanol–water partition coefficient (Wildman–Crippen LogP) is 6.11. The van der Waals surface area contributed by atoms with Gasteiger partial charge in [0.1, 0.15) is 36.2 Å². The topological polar surface area (TPSA) is 195 Å². The summed E-state index contributed by atoms with van der Waals surface area (Å²) in [5.74, 6) is 6.47. The first-order chi connectivity index (χ1) is 25.2. The molecule has 2 fully saturated rings. The van der Waals surface area contributed by atoms with Crippen molar-refractivity contribution in [2.45, 2.75) is 139 Å². The Morgan fingerprint density at radius 3 is 2.33 bits per heavy atom. The van der Waals surface area contributed by atoms with Gasteiger partial charge in [0.05, 0.1) is 25.0 Å². The minimum Gasteiger partial charge on any atom is -0.385 e. The molecule has 7 atom stereocenters. The maximum absolute atomic E-state index is 13.1. The van der Waals surface area contributed by atoms with Crippen molar-refractivity contribution in [1.29, 1.82) is 5.26 Å². The summed E-state index contributed by atoms with van der Waals surface area (Å²) < 4.78 is 36.8. The van der Waals surface area contributed by atoms with E-state index in [4.69, 9.17) is 24.3 Å². The van der Waals surface area contributed by atoms with Crippen LogP contribution in [0.15, 0.2) is 48.8 Å². The number of phosphoric ester groups is 1. The number of ether oxygens (including phenoxy) is 2. The molecule has 0 radical (unpaired) electrons. The Kier molecular flexibility index (Phi) is 14.3. The van der Waals surface area contributed by atoms with E-state index in [0.717, 1.165) is 24.8 Å². The summed E-state index contributed by atoms with van der Waals surface area (Å²) >= 11 is 0. The average molecular weight is 738 g/mol. The molecule has 1 saturated heterocycles. The molecule has 2 aliphatic rings. The van der Waals surface area contributed by atoms with E-state index in [1.54, 1.807) is 6.07 Å². The summed E-state index contributed by atoms with van der Waals surface area (Å²) in [5, 5.41) is 36.7. The summed E-state index contributed by atoms with van der Waals surface area (Å²) in [6, 6.07) is 14.5. The Hall–Kier alpha value is -3.36. The van der Waals surface area contributed by atoms with E-state index in [1.165, 1.54) is 81.1 Å². The number of rotatable bonds is 22. The standard InChI is InChI=1S/C38H52N5O8P/c1-2-3-4-5-6-7-8-9-10-11-12-13-14-15-19-22-30(48-25-29-20-17-16-18-21-29)26-49-52(46,47)51-34-33-38(34,45)36(44)37(27-39,50-33)32-24-23-31-35(40)41-28-42-43(31)32/h16-18,20-21,23-24,28,30,33-34,36,44-45H,2-14,22,25-26H2,1H3,(H,46,47)(H2,40,41,42). The summed E-state index contributed by atoms with van der Waals surface area (Å²) in [4.78, 5) is 14.5. The first kappa shape index (κ1) is 39.8. The molecule has 14 heteroatoms. The molecule has 0 spiro atoms. The van der Waals surface area contributed by atoms with Crippen LogP contribution in [0.3, 0.4) is 0 Å². The molecule has 13 nitrogen and oxygen atoms in total. The summed E-state index contributed by atoms with van der Waals surface area (Å²) in [6.45, 7) is 2.18. The third kappa shape index (κ3) is 9.59. The first-order valence-corrected chi connectivity index (χ1v) is 20.0. The Bertz CT molecular complexity index is 1740. The second-order valence-corrected chi connectivity index (χ2v) is 15.1. The minimum absolute atomic E-state index is 0.104. The number of nitrogen functional groups attached to an aromatic ring is 1. The van der Waals surface area contributed by atoms with E-state index in [-0.39, 0.29) is 31.1 Å². The van der Waals surface area contributed by atoms with Crippen LogP contribution >= 0.6 is 7.82 Å². The van der Waals surface area contributed by atoms with Crippen LogP contribution < -0.4 is 5.73 Å². The average Bonchev–Trinajstić information content (AvgIpc) is 3.39. The lowest BCUT2D eigenvalue weighted by Crippen LogP contribution is -2.47. The van der Waals surface area contributed by atoms with Crippen molar-refractivity contribution in [3.05, 3.63) is 60.0 Å². The van der Waals surface area contributed by atoms with Crippen molar-refractivity contribution in [3.63, 3.8) is 0 Å². The highest BCUT2D eigenvalue weighted by molar-refractivity contribution is 7.47. The zero-order chi connectivity index (χ0) is 37.0. The highest BCUT2D eigenvalue weighted by Crippen LogP contribution is 2.63. The van der Waals surface area contributed by atoms with Gasteiger partial charge < -0.3 is 30.3 Å². The first-order valence-electron chi connectivity index (χ1n) is 18.5. The Balaban J connectivity index is 1.08. The van der Waals surface area contributed by atoms with Gasteiger partial charge in [-0.2, -0.15) is 10.4 Å². The molecular weight excluding hydrogens is 685 g/mol. The van der Waals surface area contributed by atoms with Crippen LogP contribution in [-0.2, 0) is 35.3 Å². The van der Waals surface area contributed by atoms with Crippen LogP contribution in [0, 0.1) is 23.2 Å². The maximum Gasteiger partial charge on any atom is 0.472 e. The number of unbranched alkanes of at least 4 members (excludes halogenated alkanes) is 12. The van der Waals surface area contributed by atoms with Crippen LogP contribution in [0.2, 0.25) is 0 Å². The number of aliphatic hydroxyl groups excluding tert-OH is 1. The van der Waals surface area contributed by atoms with Gasteiger partial charge in [0, 0.05) is 12.8 Å². The van der Waals surface area contributed by atoms with Gasteiger partial charge in [-0.05, 0) is 24.1 Å². The number of anilines is 1. The molecule has 0 bridgehead atoms. The second kappa shape index (κ2) is 18.6. The van der Waals surface area contributed by atoms with Crippen molar-refractivity contribution in [1.82, 2.24) is 14.6 Å². The van der Waals surface area contributed by atoms with Gasteiger partial charge in [-0.3, -0.25) is 9.05 Å². The summed E-state index contributed by atoms with van der Waals surface area (Å²) in [6.07, 6.45) is 12.3. The fourth-order valence-corrected chi connectivity index (χ4v) is 7.72. The molecular formula is C38H52N5O8P. The van der Waals surface area contributed by atoms with Crippen LogP contribution in [0.5, 0.6) is 0 Å². The zero-order valence-electron chi connectivity index (χ0n) is 29.9. The van der Waals surface area contributed by atoms with Gasteiger partial charge in [0.25, 0.3) is 0 Å². The number of benzene rings is 1. The van der Waals surface area contributed by atoms with Gasteiger partial charge in [-0.15, -0.1) is 11.8 Å². The van der Waals surface area contributed by atoms with Crippen molar-refractivity contribution < 1.29 is 38.2 Å². The second-order valence-electron chi connectivity index (χ2n) is 13.7. The number of phosphoric acid groups is 1. The van der Waals surface area contributed by atoms with Crippen molar-refractivity contribution in [3.8, 4) is 17.9 Å². The van der Waals surface area contributed by atoms with Crippen LogP contribution in [0.1, 0.15) is 108 Å². The molecule has 1 saturated carbocycles. The van der Waals surface area contributed by atoms with Gasteiger partial charge in [0.15, 0.2) is 11.4 Å². The minimum atomic E-state index is -4.79. The van der Waals surface area contributed by atoms with Crippen molar-refractivity contribution in [2.24, 2.45) is 0 Å². The lowest BCUT2D eigenvalue weighted by Gasteiger charge is -2.29. The van der Waals surface area contributed by atoms with Gasteiger partial charge in [-0.1, -0.05) is 108 Å². The lowest BCUT2D eigenvalue weighted by atomic mass is 9.90. The molecule has 7 unspecified atom stereocenters. The van der Waals surface area contributed by atoms with Crippen molar-refractivity contribution >= 4 is 19.2 Å². The molecule has 1 aliphatic carbocycles. The number of fused-ring (bicyclic) bond motifs is 2. The van der Waals surface area contributed by atoms with Crippen LogP contribution in [0.4, 0.5) is 5.82 Å². The molecule has 3 aromatic rings. The largest absolute Gasteiger partial charge is 0.472 e. The fraction of sp³-hybridized carbons (Fsp3) is 0.605. The van der Waals surface area contributed by atoms with E-state index in [1.807, 2.05) is 36.4 Å². The zero-order valence-corrected chi connectivity index (χ0v) is 30.8. The predicted molar refractivity (Wildman–Crippen MR) is 194 cm³/mol. The summed E-state index contributed by atoms with van der Waals surface area (Å²) in [5.41, 5.74) is 3.08. The SMILES string of the molecule is CCCCCCCCCCCCCCC#CCC(COP(=O)(O)OC1C2OC(C#N)(c3ccc4c(N)ncnn34)C(O)C21O)OCc1ccccc1. The number of nitriles is 1. The number of nitrogens with zero attached hydrogens (tertiary/aromatic N) is 4. The van der Waals surface area contributed by atoms with Crippen LogP contribution in [-0.4, -0.2) is 66.3 Å². The van der Waals surface area contributed by atoms with E-state index >= 15 is 0 Å². The molecule has 1 aliphatic heterocycles. The Labute approximate surface area is 306 Å². The lowest BCUT2D eigenvalue weighted by molar-refractivity contribution is -0.106. The van der Waals surface area contributed by atoms with Gasteiger partial charge >= 0.3 is 7.82 Å². The monoisotopic (exact) mass is 737 g/mol. The number of aromatic nitrogens is 3. The fourth-order valence-electron chi connectivity index (χ4n) is 6.74. The molecule has 1 aromatic carbocycles. The highest BCUT2D eigenvalue weighted by Gasteiger charge is 2.83. The van der Waals surface area contributed by atoms with E-state index in [0.29, 0.717) is 5.52 Å². The summed E-state index contributed by atoms with van der Waals surface area (Å²) in [7, 11) is -4.79. The van der Waals surface area contributed by atoms with E-state index in [9.17, 15) is 24.9 Å². The molecule has 0 amide bonds. The van der Waals surface area contributed by atoms with Crippen LogP contribution in [0.25, 0.3) is 5.52 Å².